The minimum absolute atomic E-state index is 0.0762. The van der Waals surface area contributed by atoms with E-state index < -0.39 is 36.4 Å². The maximum absolute atomic E-state index is 12.6. The van der Waals surface area contributed by atoms with Crippen molar-refractivity contribution in [3.05, 3.63) is 30.6 Å². The molecule has 0 aliphatic rings. The quantitative estimate of drug-likeness (QED) is 0.726. The SMILES string of the molecule is COc1ccc(S(=O)(=O)Nc2cnn(C)c2)c(NS(=O)(=O)C(F)F)c1. The molecule has 0 fully saturated rings. The molecule has 13 heteroatoms. The largest absolute Gasteiger partial charge is 0.497 e. The number of nitrogens with zero attached hydrogens (tertiary/aromatic N) is 2. The Balaban J connectivity index is 2.49. The number of aromatic nitrogens is 2. The topological polar surface area (TPSA) is 119 Å². The van der Waals surface area contributed by atoms with E-state index in [2.05, 4.69) is 9.82 Å². The van der Waals surface area contributed by atoms with Crippen LogP contribution in [0.1, 0.15) is 0 Å². The van der Waals surface area contributed by atoms with Gasteiger partial charge in [0.1, 0.15) is 10.6 Å². The van der Waals surface area contributed by atoms with Crippen molar-refractivity contribution in [2.75, 3.05) is 16.6 Å². The summed E-state index contributed by atoms with van der Waals surface area (Å²) in [7, 11) is -6.54. The second-order valence-corrected chi connectivity index (χ2v) is 8.08. The molecular formula is C12H14F2N4O5S2. The van der Waals surface area contributed by atoms with E-state index in [1.165, 1.54) is 30.3 Å². The summed E-state index contributed by atoms with van der Waals surface area (Å²) in [5.41, 5.74) is -0.461. The van der Waals surface area contributed by atoms with Gasteiger partial charge in [-0.15, -0.1) is 0 Å². The van der Waals surface area contributed by atoms with Crippen molar-refractivity contribution in [1.82, 2.24) is 9.78 Å². The van der Waals surface area contributed by atoms with Gasteiger partial charge in [-0.2, -0.15) is 13.9 Å². The number of hydrogen-bond donors (Lipinski definition) is 2. The van der Waals surface area contributed by atoms with Gasteiger partial charge >= 0.3 is 5.76 Å². The second-order valence-electron chi connectivity index (χ2n) is 4.78. The van der Waals surface area contributed by atoms with Crippen LogP contribution in [0, 0.1) is 0 Å². The number of methoxy groups -OCH3 is 1. The summed E-state index contributed by atoms with van der Waals surface area (Å²) in [6.45, 7) is 0. The first-order valence-electron chi connectivity index (χ1n) is 6.54. The summed E-state index contributed by atoms with van der Waals surface area (Å²) in [4.78, 5) is -0.554. The zero-order chi connectivity index (χ0) is 18.8. The lowest BCUT2D eigenvalue weighted by Crippen LogP contribution is -2.23. The molecule has 0 radical (unpaired) electrons. The summed E-state index contributed by atoms with van der Waals surface area (Å²) < 4.78 is 82.9. The van der Waals surface area contributed by atoms with Crippen LogP contribution in [-0.2, 0) is 27.1 Å². The van der Waals surface area contributed by atoms with E-state index in [9.17, 15) is 25.6 Å². The van der Waals surface area contributed by atoms with Gasteiger partial charge in [0.25, 0.3) is 20.0 Å². The number of hydrogen-bond acceptors (Lipinski definition) is 6. The number of ether oxygens (including phenoxy) is 1. The number of rotatable bonds is 7. The molecule has 0 amide bonds. The van der Waals surface area contributed by atoms with E-state index in [-0.39, 0.29) is 11.4 Å². The minimum atomic E-state index is -5.08. The molecule has 138 valence electrons. The molecular weight excluding hydrogens is 382 g/mol. The molecule has 0 bridgehead atoms. The average Bonchev–Trinajstić information content (AvgIpc) is 2.90. The lowest BCUT2D eigenvalue weighted by atomic mass is 10.3. The van der Waals surface area contributed by atoms with Gasteiger partial charge in [-0.1, -0.05) is 0 Å². The summed E-state index contributed by atoms with van der Waals surface area (Å²) in [6, 6.07) is 3.26. The Morgan fingerprint density at radius 1 is 1.20 bits per heavy atom. The predicted octanol–water partition coefficient (Wildman–Crippen LogP) is 1.19. The molecule has 25 heavy (non-hydrogen) atoms. The van der Waals surface area contributed by atoms with Crippen LogP contribution in [0.2, 0.25) is 0 Å². The Morgan fingerprint density at radius 3 is 2.40 bits per heavy atom. The van der Waals surface area contributed by atoms with Crippen LogP contribution in [0.25, 0.3) is 0 Å². The Kier molecular flexibility index (Phi) is 5.17. The zero-order valence-corrected chi connectivity index (χ0v) is 14.6. The third kappa shape index (κ3) is 4.36. The van der Waals surface area contributed by atoms with Crippen LogP contribution in [0.3, 0.4) is 0 Å². The summed E-state index contributed by atoms with van der Waals surface area (Å²) in [5, 5.41) is 3.79. The third-order valence-corrected chi connectivity index (χ3v) is 5.33. The fourth-order valence-electron chi connectivity index (χ4n) is 1.83. The molecule has 0 atom stereocenters. The molecule has 0 unspecified atom stereocenters. The summed E-state index contributed by atoms with van der Waals surface area (Å²) in [6.07, 6.45) is 2.59. The Hall–Kier alpha value is -2.41. The maximum atomic E-state index is 12.6. The second kappa shape index (κ2) is 6.84. The molecule has 0 saturated heterocycles. The van der Waals surface area contributed by atoms with E-state index in [4.69, 9.17) is 4.74 Å². The predicted molar refractivity (Wildman–Crippen MR) is 85.6 cm³/mol. The number of benzene rings is 1. The molecule has 2 aromatic rings. The number of alkyl halides is 2. The molecule has 9 nitrogen and oxygen atoms in total. The molecule has 1 aromatic heterocycles. The Morgan fingerprint density at radius 2 is 1.88 bits per heavy atom. The van der Waals surface area contributed by atoms with Gasteiger partial charge in [0.2, 0.25) is 0 Å². The Labute approximate surface area is 142 Å². The number of anilines is 2. The molecule has 0 aliphatic carbocycles. The highest BCUT2D eigenvalue weighted by Gasteiger charge is 2.28. The smallest absolute Gasteiger partial charge is 0.355 e. The monoisotopic (exact) mass is 396 g/mol. The van der Waals surface area contributed by atoms with E-state index in [0.29, 0.717) is 0 Å². The van der Waals surface area contributed by atoms with E-state index in [0.717, 1.165) is 12.1 Å². The summed E-state index contributed by atoms with van der Waals surface area (Å²) in [5.74, 6) is -3.66. The van der Waals surface area contributed by atoms with E-state index >= 15 is 0 Å². The van der Waals surface area contributed by atoms with Crippen molar-refractivity contribution in [3.8, 4) is 5.75 Å². The summed E-state index contributed by atoms with van der Waals surface area (Å²) >= 11 is 0. The van der Waals surface area contributed by atoms with Crippen LogP contribution in [0.5, 0.6) is 5.75 Å². The molecule has 0 saturated carbocycles. The van der Waals surface area contributed by atoms with Crippen molar-refractivity contribution < 1.29 is 30.4 Å². The van der Waals surface area contributed by atoms with Crippen molar-refractivity contribution in [1.29, 1.82) is 0 Å². The van der Waals surface area contributed by atoms with Gasteiger partial charge in [-0.05, 0) is 12.1 Å². The number of halogens is 2. The van der Waals surface area contributed by atoms with Crippen molar-refractivity contribution in [3.63, 3.8) is 0 Å². The maximum Gasteiger partial charge on any atom is 0.355 e. The molecule has 1 heterocycles. The highest BCUT2D eigenvalue weighted by atomic mass is 32.2. The minimum Gasteiger partial charge on any atom is -0.497 e. The number of nitrogens with one attached hydrogen (secondary N) is 2. The highest BCUT2D eigenvalue weighted by Crippen LogP contribution is 2.29. The lowest BCUT2D eigenvalue weighted by Gasteiger charge is -2.14. The van der Waals surface area contributed by atoms with Crippen LogP contribution in [0.15, 0.2) is 35.5 Å². The number of sulfonamides is 2. The van der Waals surface area contributed by atoms with Crippen molar-refractivity contribution >= 4 is 31.4 Å². The van der Waals surface area contributed by atoms with Crippen LogP contribution in [0.4, 0.5) is 20.2 Å². The molecule has 1 aromatic carbocycles. The van der Waals surface area contributed by atoms with E-state index in [1.807, 2.05) is 0 Å². The zero-order valence-electron chi connectivity index (χ0n) is 13.0. The normalized spacial score (nSPS) is 12.2. The first-order valence-corrected chi connectivity index (χ1v) is 9.57. The highest BCUT2D eigenvalue weighted by molar-refractivity contribution is 7.94. The lowest BCUT2D eigenvalue weighted by molar-refractivity contribution is 0.236. The fourth-order valence-corrected chi connectivity index (χ4v) is 3.63. The average molecular weight is 396 g/mol. The van der Waals surface area contributed by atoms with Crippen molar-refractivity contribution in [2.24, 2.45) is 7.05 Å². The van der Waals surface area contributed by atoms with Gasteiger partial charge in [0, 0.05) is 19.3 Å². The van der Waals surface area contributed by atoms with Gasteiger partial charge in [-0.3, -0.25) is 14.1 Å². The van der Waals surface area contributed by atoms with Crippen LogP contribution in [-0.4, -0.2) is 39.5 Å². The van der Waals surface area contributed by atoms with Gasteiger partial charge < -0.3 is 4.74 Å². The molecule has 2 N–H and O–H groups in total. The first-order chi connectivity index (χ1) is 11.5. The number of aryl methyl sites for hydroxylation is 1. The third-order valence-electron chi connectivity index (χ3n) is 2.92. The molecule has 2 rings (SSSR count). The van der Waals surface area contributed by atoms with Gasteiger partial charge in [0.05, 0.1) is 24.7 Å². The first kappa shape index (κ1) is 18.9. The molecule has 0 spiro atoms. The fraction of sp³-hybridized carbons (Fsp3) is 0.250. The standard InChI is InChI=1S/C12H14F2N4O5S2/c1-18-7-8(6-15-18)16-24(19,20)11-4-3-9(23-2)5-10(11)17-25(21,22)12(13)14/h3-7,12,16-17H,1-2H3. The van der Waals surface area contributed by atoms with Crippen molar-refractivity contribution in [2.45, 2.75) is 10.7 Å². The Bertz CT molecular complexity index is 973. The van der Waals surface area contributed by atoms with Crippen LogP contribution < -0.4 is 14.2 Å². The molecule has 0 aliphatic heterocycles. The van der Waals surface area contributed by atoms with Gasteiger partial charge in [-0.25, -0.2) is 16.8 Å². The van der Waals surface area contributed by atoms with Gasteiger partial charge in [0.15, 0.2) is 0 Å². The van der Waals surface area contributed by atoms with Crippen LogP contribution >= 0.6 is 0 Å². The van der Waals surface area contributed by atoms with E-state index in [1.54, 1.807) is 11.8 Å².